The smallest absolute Gasteiger partial charge is 0.341 e. The first-order valence-electron chi connectivity index (χ1n) is 11.9. The summed E-state index contributed by atoms with van der Waals surface area (Å²) in [5.41, 5.74) is 8.03. The van der Waals surface area contributed by atoms with E-state index in [2.05, 4.69) is 46.4 Å². The first kappa shape index (κ1) is 28.2. The molecule has 10 nitrogen and oxygen atoms in total. The second-order valence-corrected chi connectivity index (χ2v) is 10.5. The number of amides is 2. The minimum Gasteiger partial charge on any atom is -0.459 e. The van der Waals surface area contributed by atoms with Gasteiger partial charge in [-0.05, 0) is 64.4 Å². The van der Waals surface area contributed by atoms with Crippen LogP contribution in [0.25, 0.3) is 11.4 Å². The van der Waals surface area contributed by atoms with Gasteiger partial charge < -0.3 is 25.3 Å². The van der Waals surface area contributed by atoms with Crippen LogP contribution in [0.15, 0.2) is 29.4 Å². The number of thiophene rings is 1. The fourth-order valence-electron chi connectivity index (χ4n) is 3.75. The summed E-state index contributed by atoms with van der Waals surface area (Å²) in [6, 6.07) is 8.13. The average molecular weight is 545 g/mol. The second-order valence-electron chi connectivity index (χ2n) is 8.50. The lowest BCUT2D eigenvalue weighted by Crippen LogP contribution is -2.21. The van der Waals surface area contributed by atoms with E-state index in [1.165, 1.54) is 11.8 Å². The third-order valence-electron chi connectivity index (χ3n) is 5.59. The van der Waals surface area contributed by atoms with Crippen molar-refractivity contribution in [3.8, 4) is 11.4 Å². The number of esters is 1. The molecule has 0 radical (unpaired) electrons. The van der Waals surface area contributed by atoms with Crippen LogP contribution in [0.3, 0.4) is 0 Å². The number of hydrogen-bond donors (Lipinski definition) is 2. The quantitative estimate of drug-likeness (QED) is 0.272. The van der Waals surface area contributed by atoms with Crippen LogP contribution in [-0.4, -0.2) is 57.5 Å². The van der Waals surface area contributed by atoms with E-state index in [1.54, 1.807) is 20.8 Å². The number of nitrogens with two attached hydrogens (primary N) is 1. The molecule has 3 rings (SSSR count). The normalized spacial score (nSPS) is 11.0. The minimum absolute atomic E-state index is 0.0222. The number of carbonyl (C=O) groups is 3. The van der Waals surface area contributed by atoms with Crippen LogP contribution in [-0.2, 0) is 16.6 Å². The third kappa shape index (κ3) is 6.50. The fraction of sp³-hybridized carbons (Fsp3) is 0.400. The van der Waals surface area contributed by atoms with Gasteiger partial charge in [0.15, 0.2) is 11.0 Å². The molecule has 37 heavy (non-hydrogen) atoms. The molecule has 2 amide bonds. The predicted molar refractivity (Wildman–Crippen MR) is 147 cm³/mol. The minimum atomic E-state index is -0.673. The molecule has 0 aliphatic carbocycles. The molecule has 0 fully saturated rings. The Hall–Kier alpha value is -3.38. The average Bonchev–Trinajstić information content (AvgIpc) is 3.37. The Kier molecular flexibility index (Phi) is 9.33. The van der Waals surface area contributed by atoms with Crippen LogP contribution in [0.5, 0.6) is 0 Å². The molecule has 0 unspecified atom stereocenters. The highest BCUT2D eigenvalue weighted by Crippen LogP contribution is 2.34. The van der Waals surface area contributed by atoms with Crippen molar-refractivity contribution in [3.63, 3.8) is 0 Å². The highest BCUT2D eigenvalue weighted by atomic mass is 32.2. The van der Waals surface area contributed by atoms with E-state index in [1.807, 2.05) is 23.7 Å². The van der Waals surface area contributed by atoms with Crippen LogP contribution < -0.4 is 16.0 Å². The number of hydrogen-bond acceptors (Lipinski definition) is 9. The Morgan fingerprint density at radius 3 is 2.38 bits per heavy atom. The van der Waals surface area contributed by atoms with E-state index >= 15 is 0 Å². The molecule has 0 saturated carbocycles. The molecule has 12 heteroatoms. The summed E-state index contributed by atoms with van der Waals surface area (Å²) in [6.07, 6.45) is -0.360. The maximum atomic E-state index is 12.8. The summed E-state index contributed by atoms with van der Waals surface area (Å²) in [5.74, 6) is -0.951. The number of aromatic nitrogens is 3. The molecular formula is C25H32N6O4S2. The number of anilines is 2. The van der Waals surface area contributed by atoms with Crippen molar-refractivity contribution in [2.24, 2.45) is 12.8 Å². The Balaban J connectivity index is 1.72. The lowest BCUT2D eigenvalue weighted by molar-refractivity contribution is -0.113. The van der Waals surface area contributed by atoms with Crippen molar-refractivity contribution in [2.75, 3.05) is 29.1 Å². The van der Waals surface area contributed by atoms with Gasteiger partial charge in [0.05, 0.1) is 22.3 Å². The van der Waals surface area contributed by atoms with Gasteiger partial charge in [-0.3, -0.25) is 9.59 Å². The van der Waals surface area contributed by atoms with E-state index in [0.29, 0.717) is 16.5 Å². The van der Waals surface area contributed by atoms with Crippen LogP contribution in [0.2, 0.25) is 0 Å². The van der Waals surface area contributed by atoms with E-state index in [9.17, 15) is 14.4 Å². The standard InChI is InChI=1S/C25H32N6O4S2/c1-7-31(8-2)17-11-9-16(10-12-17)22-28-29-25(30(22)6)36-13-18(32)27-23-19(24(34)35-14(3)4)15(5)20(37-23)21(26)33/h9-12,14H,7-8,13H2,1-6H3,(H2,26,33)(H,27,32). The molecule has 0 aliphatic heterocycles. The molecule has 198 valence electrons. The van der Waals surface area contributed by atoms with Crippen molar-refractivity contribution < 1.29 is 19.1 Å². The van der Waals surface area contributed by atoms with Crippen molar-refractivity contribution in [1.29, 1.82) is 0 Å². The molecule has 3 aromatic rings. The highest BCUT2D eigenvalue weighted by Gasteiger charge is 2.26. The van der Waals surface area contributed by atoms with Crippen LogP contribution in [0.4, 0.5) is 10.7 Å². The lowest BCUT2D eigenvalue weighted by atomic mass is 10.1. The Morgan fingerprint density at radius 2 is 1.81 bits per heavy atom. The van der Waals surface area contributed by atoms with Gasteiger partial charge >= 0.3 is 5.97 Å². The Bertz CT molecular complexity index is 1280. The number of carbonyl (C=O) groups excluding carboxylic acids is 3. The summed E-state index contributed by atoms with van der Waals surface area (Å²) in [4.78, 5) is 39.7. The maximum absolute atomic E-state index is 12.8. The molecule has 0 bridgehead atoms. The highest BCUT2D eigenvalue weighted by molar-refractivity contribution is 7.99. The molecule has 3 N–H and O–H groups in total. The molecular weight excluding hydrogens is 512 g/mol. The first-order chi connectivity index (χ1) is 17.6. The van der Waals surface area contributed by atoms with Gasteiger partial charge in [0, 0.05) is 31.4 Å². The molecule has 0 atom stereocenters. The van der Waals surface area contributed by atoms with Crippen molar-refractivity contribution in [3.05, 3.63) is 40.3 Å². The summed E-state index contributed by atoms with van der Waals surface area (Å²) >= 11 is 2.17. The number of ether oxygens (including phenoxy) is 1. The SMILES string of the molecule is CCN(CC)c1ccc(-c2nnc(SCC(=O)Nc3sc(C(N)=O)c(C)c3C(=O)OC(C)C)n2C)cc1. The zero-order chi connectivity index (χ0) is 27.3. The van der Waals surface area contributed by atoms with Crippen LogP contribution in [0.1, 0.15) is 53.3 Å². The van der Waals surface area contributed by atoms with Gasteiger partial charge in [-0.1, -0.05) is 11.8 Å². The van der Waals surface area contributed by atoms with Gasteiger partial charge in [0.25, 0.3) is 5.91 Å². The number of rotatable bonds is 11. The number of benzene rings is 1. The monoisotopic (exact) mass is 544 g/mol. The first-order valence-corrected chi connectivity index (χ1v) is 13.7. The van der Waals surface area contributed by atoms with Gasteiger partial charge in [-0.15, -0.1) is 21.5 Å². The number of thioether (sulfide) groups is 1. The molecule has 0 saturated heterocycles. The number of primary amides is 1. The Morgan fingerprint density at radius 1 is 1.16 bits per heavy atom. The molecule has 0 aliphatic rings. The summed E-state index contributed by atoms with van der Waals surface area (Å²) < 4.78 is 7.12. The van der Waals surface area contributed by atoms with Crippen molar-refractivity contribution in [1.82, 2.24) is 14.8 Å². The van der Waals surface area contributed by atoms with Gasteiger partial charge in [-0.25, -0.2) is 4.79 Å². The zero-order valence-corrected chi connectivity index (χ0v) is 23.5. The van der Waals surface area contributed by atoms with Gasteiger partial charge in [-0.2, -0.15) is 0 Å². The summed E-state index contributed by atoms with van der Waals surface area (Å²) in [6.45, 7) is 11.1. The summed E-state index contributed by atoms with van der Waals surface area (Å²) in [5, 5.41) is 12.1. The van der Waals surface area contributed by atoms with E-state index in [-0.39, 0.29) is 33.2 Å². The van der Waals surface area contributed by atoms with E-state index in [4.69, 9.17) is 10.5 Å². The Labute approximate surface area is 224 Å². The zero-order valence-electron chi connectivity index (χ0n) is 21.8. The third-order valence-corrected chi connectivity index (χ3v) is 7.83. The number of nitrogens with one attached hydrogen (secondary N) is 1. The molecule has 1 aromatic carbocycles. The van der Waals surface area contributed by atoms with Gasteiger partial charge in [0.1, 0.15) is 5.00 Å². The van der Waals surface area contributed by atoms with Crippen LogP contribution >= 0.6 is 23.1 Å². The van der Waals surface area contributed by atoms with Crippen LogP contribution in [0, 0.1) is 6.92 Å². The number of nitrogens with zero attached hydrogens (tertiary/aromatic N) is 4. The maximum Gasteiger partial charge on any atom is 0.341 e. The fourth-order valence-corrected chi connectivity index (χ4v) is 5.52. The van der Waals surface area contributed by atoms with Gasteiger partial charge in [0.2, 0.25) is 5.91 Å². The lowest BCUT2D eigenvalue weighted by Gasteiger charge is -2.21. The van der Waals surface area contributed by atoms with Crippen molar-refractivity contribution in [2.45, 2.75) is 45.9 Å². The predicted octanol–water partition coefficient (Wildman–Crippen LogP) is 4.09. The summed E-state index contributed by atoms with van der Waals surface area (Å²) in [7, 11) is 1.84. The van der Waals surface area contributed by atoms with Crippen molar-refractivity contribution >= 4 is 51.6 Å². The molecule has 2 heterocycles. The molecule has 0 spiro atoms. The largest absolute Gasteiger partial charge is 0.459 e. The van der Waals surface area contributed by atoms with E-state index in [0.717, 1.165) is 35.7 Å². The topological polar surface area (TPSA) is 132 Å². The second kappa shape index (κ2) is 12.2. The molecule has 2 aromatic heterocycles. The van der Waals surface area contributed by atoms with E-state index < -0.39 is 11.9 Å².